The molecule has 0 amide bonds. The van der Waals surface area contributed by atoms with Gasteiger partial charge in [0.05, 0.1) is 12.2 Å². The number of aryl methyl sites for hydroxylation is 1. The van der Waals surface area contributed by atoms with Gasteiger partial charge in [-0.25, -0.2) is 4.79 Å². The van der Waals surface area contributed by atoms with Gasteiger partial charge in [0, 0.05) is 20.0 Å². The lowest BCUT2D eigenvalue weighted by atomic mass is 10.1. The highest BCUT2D eigenvalue weighted by molar-refractivity contribution is 5.89. The summed E-state index contributed by atoms with van der Waals surface area (Å²) in [4.78, 5) is 16.3. The minimum absolute atomic E-state index is 0.170. The standard InChI is InChI=1S/C18H27NO2/c1-4-6-7-16-8-10-17(11-9-16)18(20)21-14-12-15(3)19-13-5-2/h8-11H,4-7,12-14H2,1-3H3/i3D. The van der Waals surface area contributed by atoms with Gasteiger partial charge >= 0.3 is 5.97 Å². The van der Waals surface area contributed by atoms with Gasteiger partial charge in [0.2, 0.25) is 0 Å². The van der Waals surface area contributed by atoms with Crippen LogP contribution in [0.25, 0.3) is 0 Å². The van der Waals surface area contributed by atoms with E-state index in [1.165, 1.54) is 12.0 Å². The Morgan fingerprint density at radius 2 is 2.00 bits per heavy atom. The maximum absolute atomic E-state index is 11.9. The molecule has 3 heteroatoms. The van der Waals surface area contributed by atoms with Crippen molar-refractivity contribution < 1.29 is 10.9 Å². The van der Waals surface area contributed by atoms with Gasteiger partial charge in [-0.2, -0.15) is 0 Å². The molecule has 0 heterocycles. The van der Waals surface area contributed by atoms with E-state index in [2.05, 4.69) is 18.8 Å². The second-order valence-electron chi connectivity index (χ2n) is 5.13. The molecule has 0 saturated carbocycles. The van der Waals surface area contributed by atoms with Crippen molar-refractivity contribution in [1.82, 2.24) is 0 Å². The largest absolute Gasteiger partial charge is 0.462 e. The minimum Gasteiger partial charge on any atom is -0.462 e. The fourth-order valence-corrected chi connectivity index (χ4v) is 1.88. The van der Waals surface area contributed by atoms with Gasteiger partial charge in [-0.3, -0.25) is 4.99 Å². The Hall–Kier alpha value is -1.64. The lowest BCUT2D eigenvalue weighted by Gasteiger charge is -2.06. The summed E-state index contributed by atoms with van der Waals surface area (Å²) in [5.74, 6) is -0.304. The summed E-state index contributed by atoms with van der Waals surface area (Å²) in [5.41, 5.74) is 2.63. The predicted octanol–water partition coefficient (Wildman–Crippen LogP) is 4.45. The highest BCUT2D eigenvalue weighted by Crippen LogP contribution is 2.09. The van der Waals surface area contributed by atoms with Gasteiger partial charge in [-0.15, -0.1) is 0 Å². The summed E-state index contributed by atoms with van der Waals surface area (Å²) in [6.07, 6.45) is 4.89. The van der Waals surface area contributed by atoms with Crippen LogP contribution in [0.3, 0.4) is 0 Å². The van der Waals surface area contributed by atoms with Crippen LogP contribution in [0.5, 0.6) is 0 Å². The number of ether oxygens (including phenoxy) is 1. The third-order valence-corrected chi connectivity index (χ3v) is 3.19. The van der Waals surface area contributed by atoms with Gasteiger partial charge in [0.15, 0.2) is 0 Å². The smallest absolute Gasteiger partial charge is 0.338 e. The Labute approximate surface area is 129 Å². The van der Waals surface area contributed by atoms with E-state index in [-0.39, 0.29) is 19.5 Å². The molecule has 0 bridgehead atoms. The molecule has 0 atom stereocenters. The molecule has 0 saturated heterocycles. The minimum atomic E-state index is -0.304. The van der Waals surface area contributed by atoms with Crippen LogP contribution in [0.15, 0.2) is 29.3 Å². The number of carbonyl (C=O) groups is 1. The number of hydrogen-bond donors (Lipinski definition) is 0. The Balaban J connectivity index is 2.41. The first kappa shape index (κ1) is 15.7. The van der Waals surface area contributed by atoms with Crippen molar-refractivity contribution >= 4 is 11.7 Å². The van der Waals surface area contributed by atoms with Gasteiger partial charge in [0.1, 0.15) is 0 Å². The van der Waals surface area contributed by atoms with E-state index in [1.54, 1.807) is 0 Å². The first-order chi connectivity index (χ1) is 10.7. The highest BCUT2D eigenvalue weighted by atomic mass is 16.5. The molecule has 3 nitrogen and oxygen atoms in total. The normalized spacial score (nSPS) is 12.1. The van der Waals surface area contributed by atoms with Gasteiger partial charge in [-0.1, -0.05) is 32.4 Å². The summed E-state index contributed by atoms with van der Waals surface area (Å²) >= 11 is 0. The topological polar surface area (TPSA) is 38.7 Å². The molecule has 0 unspecified atom stereocenters. The van der Waals surface area contributed by atoms with Crippen molar-refractivity contribution in [2.45, 2.75) is 52.9 Å². The van der Waals surface area contributed by atoms with Crippen LogP contribution in [-0.4, -0.2) is 24.8 Å². The fraction of sp³-hybridized carbons (Fsp3) is 0.556. The van der Waals surface area contributed by atoms with Crippen molar-refractivity contribution in [2.24, 2.45) is 4.99 Å². The van der Waals surface area contributed by atoms with Crippen LogP contribution in [0, 0.1) is 0 Å². The second kappa shape index (κ2) is 10.1. The maximum atomic E-state index is 11.9. The van der Waals surface area contributed by atoms with E-state index in [9.17, 15) is 4.79 Å². The van der Waals surface area contributed by atoms with Gasteiger partial charge < -0.3 is 4.74 Å². The summed E-state index contributed by atoms with van der Waals surface area (Å²) in [6.45, 7) is 5.42. The Bertz CT molecular complexity index is 468. The van der Waals surface area contributed by atoms with E-state index in [4.69, 9.17) is 6.11 Å². The SMILES string of the molecule is [2H]CC(CCOC(=O)c1ccc(CCCC)cc1)=NCCC. The molecular formula is C18H27NO2. The van der Waals surface area contributed by atoms with Crippen molar-refractivity contribution in [3.8, 4) is 0 Å². The first-order valence-electron chi connectivity index (χ1n) is 8.49. The first-order valence-corrected chi connectivity index (χ1v) is 7.78. The molecule has 0 aliphatic carbocycles. The van der Waals surface area contributed by atoms with Crippen molar-refractivity contribution in [3.63, 3.8) is 0 Å². The number of esters is 1. The third-order valence-electron chi connectivity index (χ3n) is 3.19. The molecule has 0 N–H and O–H groups in total. The number of aliphatic imine (C=N–C) groups is 1. The van der Waals surface area contributed by atoms with E-state index in [0.29, 0.717) is 12.0 Å². The number of carbonyl (C=O) groups excluding carboxylic acids is 1. The average molecular weight is 290 g/mol. The van der Waals surface area contributed by atoms with Gasteiger partial charge in [0.25, 0.3) is 0 Å². The number of benzene rings is 1. The molecule has 0 aromatic heterocycles. The molecule has 116 valence electrons. The summed E-state index contributed by atoms with van der Waals surface area (Å²) in [6, 6.07) is 7.63. The van der Waals surface area contributed by atoms with Crippen LogP contribution < -0.4 is 0 Å². The maximum Gasteiger partial charge on any atom is 0.338 e. The zero-order chi connectivity index (χ0) is 16.2. The Morgan fingerprint density at radius 1 is 1.24 bits per heavy atom. The molecule has 0 radical (unpaired) electrons. The second-order valence-corrected chi connectivity index (χ2v) is 5.13. The molecule has 0 fully saturated rings. The van der Waals surface area contributed by atoms with E-state index in [1.807, 2.05) is 24.3 Å². The molecule has 1 aromatic rings. The van der Waals surface area contributed by atoms with E-state index in [0.717, 1.165) is 31.5 Å². The van der Waals surface area contributed by atoms with E-state index >= 15 is 0 Å². The Kier molecular flexibility index (Phi) is 7.60. The lowest BCUT2D eigenvalue weighted by Crippen LogP contribution is -2.09. The van der Waals surface area contributed by atoms with Crippen molar-refractivity contribution in [2.75, 3.05) is 13.2 Å². The monoisotopic (exact) mass is 290 g/mol. The zero-order valence-electron chi connectivity index (χ0n) is 14.2. The summed E-state index contributed by atoms with van der Waals surface area (Å²) in [5, 5.41) is 0. The molecule has 0 aliphatic rings. The van der Waals surface area contributed by atoms with Crippen LogP contribution in [0.4, 0.5) is 0 Å². The summed E-state index contributed by atoms with van der Waals surface area (Å²) < 4.78 is 12.7. The lowest BCUT2D eigenvalue weighted by molar-refractivity contribution is 0.0515. The molecule has 21 heavy (non-hydrogen) atoms. The average Bonchev–Trinajstić information content (AvgIpc) is 2.56. The van der Waals surface area contributed by atoms with Crippen LogP contribution in [0.1, 0.15) is 63.7 Å². The molecule has 1 rings (SSSR count). The number of hydrogen-bond acceptors (Lipinski definition) is 3. The van der Waals surface area contributed by atoms with Crippen LogP contribution >= 0.6 is 0 Å². The number of rotatable bonds is 9. The molecule has 1 aromatic carbocycles. The molecule has 0 aliphatic heterocycles. The van der Waals surface area contributed by atoms with E-state index < -0.39 is 0 Å². The van der Waals surface area contributed by atoms with Crippen molar-refractivity contribution in [3.05, 3.63) is 35.4 Å². The quantitative estimate of drug-likeness (QED) is 0.498. The number of unbranched alkanes of at least 4 members (excludes halogenated alkanes) is 1. The molecular weight excluding hydrogens is 262 g/mol. The highest BCUT2D eigenvalue weighted by Gasteiger charge is 2.07. The fourth-order valence-electron chi connectivity index (χ4n) is 1.88. The summed E-state index contributed by atoms with van der Waals surface area (Å²) in [7, 11) is 0. The predicted molar refractivity (Wildman–Crippen MR) is 88.2 cm³/mol. The van der Waals surface area contributed by atoms with Crippen LogP contribution in [-0.2, 0) is 11.2 Å². The Morgan fingerprint density at radius 3 is 2.62 bits per heavy atom. The zero-order valence-corrected chi connectivity index (χ0v) is 13.2. The number of nitrogens with zero attached hydrogens (tertiary/aromatic N) is 1. The molecule has 0 spiro atoms. The van der Waals surface area contributed by atoms with Gasteiger partial charge in [-0.05, 0) is 43.9 Å². The van der Waals surface area contributed by atoms with Crippen molar-refractivity contribution in [1.29, 1.82) is 0 Å². The third kappa shape index (κ3) is 7.07. The van der Waals surface area contributed by atoms with Crippen LogP contribution in [0.2, 0.25) is 0 Å².